The minimum absolute atomic E-state index is 0.234. The van der Waals surface area contributed by atoms with Gasteiger partial charge in [0.15, 0.2) is 0 Å². The summed E-state index contributed by atoms with van der Waals surface area (Å²) in [5, 5.41) is 13.9. The molecule has 0 bridgehead atoms. The van der Waals surface area contributed by atoms with Gasteiger partial charge in [-0.3, -0.25) is 9.48 Å². The van der Waals surface area contributed by atoms with Crippen molar-refractivity contribution < 1.29 is 9.90 Å². The molecule has 25 heavy (non-hydrogen) atoms. The first-order valence-electron chi connectivity index (χ1n) is 9.08. The molecule has 0 unspecified atom stereocenters. The number of aromatic nitrogens is 2. The Morgan fingerprint density at radius 2 is 1.88 bits per heavy atom. The fraction of sp³-hybridized carbons (Fsp3) is 0.500. The van der Waals surface area contributed by atoms with Crippen LogP contribution in [0.25, 0.3) is 0 Å². The number of carbonyl (C=O) groups is 1. The molecule has 1 aromatic carbocycles. The van der Waals surface area contributed by atoms with E-state index in [2.05, 4.69) is 22.8 Å². The van der Waals surface area contributed by atoms with Crippen molar-refractivity contribution in [2.45, 2.75) is 46.1 Å². The van der Waals surface area contributed by atoms with Crippen LogP contribution in [0.15, 0.2) is 30.3 Å². The average molecular weight is 341 g/mol. The lowest BCUT2D eigenvalue weighted by molar-refractivity contribution is -0.132. The molecule has 2 heterocycles. The molecule has 0 spiro atoms. The molecule has 1 aromatic heterocycles. The largest absolute Gasteiger partial charge is 0.508 e. The standard InChI is InChI=1S/C20H27N3O2/c1-15-13-16(2)23(21-15)14-18-9-11-22(12-10-18)20(25)8-5-17-3-6-19(24)7-4-17/h3-4,6-7,13,18,24H,5,8-12,14H2,1-2H3. The number of carbonyl (C=O) groups excluding carboxylic acids is 1. The summed E-state index contributed by atoms with van der Waals surface area (Å²) >= 11 is 0. The van der Waals surface area contributed by atoms with Crippen molar-refractivity contribution in [3.05, 3.63) is 47.3 Å². The normalized spacial score (nSPS) is 15.5. The predicted octanol–water partition coefficient (Wildman–Crippen LogP) is 3.08. The van der Waals surface area contributed by atoms with Crippen LogP contribution in [0.4, 0.5) is 0 Å². The quantitative estimate of drug-likeness (QED) is 0.909. The first-order chi connectivity index (χ1) is 12.0. The lowest BCUT2D eigenvalue weighted by Gasteiger charge is -2.32. The molecule has 1 aliphatic rings. The zero-order chi connectivity index (χ0) is 17.8. The second-order valence-electron chi connectivity index (χ2n) is 7.10. The van der Waals surface area contributed by atoms with E-state index in [1.807, 2.05) is 24.0 Å². The van der Waals surface area contributed by atoms with Gasteiger partial charge in [0.1, 0.15) is 5.75 Å². The Bertz CT molecular complexity index is 713. The van der Waals surface area contributed by atoms with Crippen LogP contribution >= 0.6 is 0 Å². The molecule has 0 radical (unpaired) electrons. The highest BCUT2D eigenvalue weighted by molar-refractivity contribution is 5.76. The zero-order valence-electron chi connectivity index (χ0n) is 15.1. The van der Waals surface area contributed by atoms with Gasteiger partial charge in [-0.05, 0) is 62.8 Å². The van der Waals surface area contributed by atoms with Crippen LogP contribution in [0.2, 0.25) is 0 Å². The molecule has 5 heteroatoms. The summed E-state index contributed by atoms with van der Waals surface area (Å²) in [6.45, 7) is 6.77. The number of nitrogens with zero attached hydrogens (tertiary/aromatic N) is 3. The van der Waals surface area contributed by atoms with Gasteiger partial charge in [-0.25, -0.2) is 0 Å². The molecule has 3 rings (SSSR count). The van der Waals surface area contributed by atoms with E-state index in [9.17, 15) is 9.90 Å². The number of phenols is 1. The van der Waals surface area contributed by atoms with Crippen LogP contribution in [0, 0.1) is 19.8 Å². The minimum Gasteiger partial charge on any atom is -0.508 e. The molecule has 2 aromatic rings. The molecule has 1 aliphatic heterocycles. The molecule has 1 saturated heterocycles. The Hall–Kier alpha value is -2.30. The Balaban J connectivity index is 1.44. The Morgan fingerprint density at radius 1 is 1.20 bits per heavy atom. The van der Waals surface area contributed by atoms with Crippen LogP contribution in [-0.2, 0) is 17.8 Å². The number of hydrogen-bond acceptors (Lipinski definition) is 3. The van der Waals surface area contributed by atoms with Crippen molar-refractivity contribution in [2.75, 3.05) is 13.1 Å². The zero-order valence-corrected chi connectivity index (χ0v) is 15.1. The first kappa shape index (κ1) is 17.5. The molecular formula is C20H27N3O2. The summed E-state index contributed by atoms with van der Waals surface area (Å²) in [6.07, 6.45) is 3.35. The van der Waals surface area contributed by atoms with Crippen LogP contribution in [0.3, 0.4) is 0 Å². The second-order valence-corrected chi connectivity index (χ2v) is 7.10. The summed E-state index contributed by atoms with van der Waals surface area (Å²) in [4.78, 5) is 14.4. The Morgan fingerprint density at radius 3 is 2.48 bits per heavy atom. The number of aromatic hydroxyl groups is 1. The van der Waals surface area contributed by atoms with Gasteiger partial charge in [0, 0.05) is 31.7 Å². The predicted molar refractivity (Wildman–Crippen MR) is 97.4 cm³/mol. The van der Waals surface area contributed by atoms with Crippen LogP contribution in [-0.4, -0.2) is 38.8 Å². The minimum atomic E-state index is 0.234. The van der Waals surface area contributed by atoms with E-state index in [1.54, 1.807) is 12.1 Å². The third-order valence-electron chi connectivity index (χ3n) is 5.07. The number of benzene rings is 1. The van der Waals surface area contributed by atoms with Crippen molar-refractivity contribution in [1.29, 1.82) is 0 Å². The van der Waals surface area contributed by atoms with Gasteiger partial charge in [0.2, 0.25) is 5.91 Å². The van der Waals surface area contributed by atoms with Gasteiger partial charge in [0.05, 0.1) is 5.69 Å². The number of aryl methyl sites for hydroxylation is 3. The number of rotatable bonds is 5. The van der Waals surface area contributed by atoms with E-state index < -0.39 is 0 Å². The SMILES string of the molecule is Cc1cc(C)n(CC2CCN(C(=O)CCc3ccc(O)cc3)CC2)n1. The van der Waals surface area contributed by atoms with Crippen LogP contribution in [0.5, 0.6) is 5.75 Å². The molecule has 5 nitrogen and oxygen atoms in total. The molecule has 1 amide bonds. The lowest BCUT2D eigenvalue weighted by Crippen LogP contribution is -2.39. The van der Waals surface area contributed by atoms with Gasteiger partial charge in [-0.2, -0.15) is 5.10 Å². The topological polar surface area (TPSA) is 58.4 Å². The van der Waals surface area contributed by atoms with Gasteiger partial charge >= 0.3 is 0 Å². The third-order valence-corrected chi connectivity index (χ3v) is 5.07. The number of hydrogen-bond donors (Lipinski definition) is 1. The van der Waals surface area contributed by atoms with Gasteiger partial charge in [-0.15, -0.1) is 0 Å². The van der Waals surface area contributed by atoms with Crippen molar-refractivity contribution in [3.8, 4) is 5.75 Å². The van der Waals surface area contributed by atoms with E-state index >= 15 is 0 Å². The molecule has 134 valence electrons. The molecule has 0 atom stereocenters. The smallest absolute Gasteiger partial charge is 0.222 e. The van der Waals surface area contributed by atoms with Gasteiger partial charge in [0.25, 0.3) is 0 Å². The maximum atomic E-state index is 12.4. The maximum absolute atomic E-state index is 12.4. The van der Waals surface area contributed by atoms with Crippen LogP contribution < -0.4 is 0 Å². The van der Waals surface area contributed by atoms with Crippen LogP contribution in [0.1, 0.15) is 36.2 Å². The molecular weight excluding hydrogens is 314 g/mol. The summed E-state index contributed by atoms with van der Waals surface area (Å²) < 4.78 is 2.10. The molecule has 1 N–H and O–H groups in total. The second kappa shape index (κ2) is 7.72. The highest BCUT2D eigenvalue weighted by atomic mass is 16.3. The van der Waals surface area contributed by atoms with Crippen molar-refractivity contribution in [3.63, 3.8) is 0 Å². The van der Waals surface area contributed by atoms with Crippen molar-refractivity contribution in [2.24, 2.45) is 5.92 Å². The van der Waals surface area contributed by atoms with E-state index in [-0.39, 0.29) is 11.7 Å². The fourth-order valence-electron chi connectivity index (χ4n) is 3.54. The van der Waals surface area contributed by atoms with Crippen molar-refractivity contribution in [1.82, 2.24) is 14.7 Å². The number of likely N-dealkylation sites (tertiary alicyclic amines) is 1. The maximum Gasteiger partial charge on any atom is 0.222 e. The number of piperidine rings is 1. The number of phenolic OH excluding ortho intramolecular Hbond substituents is 1. The highest BCUT2D eigenvalue weighted by Crippen LogP contribution is 2.21. The monoisotopic (exact) mass is 341 g/mol. The van der Waals surface area contributed by atoms with E-state index in [0.717, 1.165) is 50.2 Å². The van der Waals surface area contributed by atoms with Crippen molar-refractivity contribution >= 4 is 5.91 Å². The summed E-state index contributed by atoms with van der Waals surface area (Å²) in [5.41, 5.74) is 3.37. The van der Waals surface area contributed by atoms with E-state index in [0.29, 0.717) is 12.3 Å². The average Bonchev–Trinajstić information content (AvgIpc) is 2.92. The number of amides is 1. The van der Waals surface area contributed by atoms with E-state index in [4.69, 9.17) is 0 Å². The first-order valence-corrected chi connectivity index (χ1v) is 9.08. The molecule has 0 aliphatic carbocycles. The molecule has 0 saturated carbocycles. The summed E-state index contributed by atoms with van der Waals surface area (Å²) in [7, 11) is 0. The highest BCUT2D eigenvalue weighted by Gasteiger charge is 2.23. The summed E-state index contributed by atoms with van der Waals surface area (Å²) in [6, 6.07) is 9.21. The fourth-order valence-corrected chi connectivity index (χ4v) is 3.54. The Labute approximate surface area is 149 Å². The van der Waals surface area contributed by atoms with E-state index in [1.165, 1.54) is 5.69 Å². The lowest BCUT2D eigenvalue weighted by atomic mass is 9.96. The Kier molecular flexibility index (Phi) is 5.41. The van der Waals surface area contributed by atoms with Gasteiger partial charge in [-0.1, -0.05) is 12.1 Å². The van der Waals surface area contributed by atoms with Gasteiger partial charge < -0.3 is 10.0 Å². The molecule has 1 fully saturated rings. The third kappa shape index (κ3) is 4.62. The summed E-state index contributed by atoms with van der Waals surface area (Å²) in [5.74, 6) is 1.09.